The van der Waals surface area contributed by atoms with Crippen LogP contribution in [-0.4, -0.2) is 18.3 Å². The van der Waals surface area contributed by atoms with Crippen molar-refractivity contribution in [2.24, 2.45) is 5.73 Å². The van der Waals surface area contributed by atoms with Gasteiger partial charge in [0.15, 0.2) is 11.6 Å². The van der Waals surface area contributed by atoms with Gasteiger partial charge in [-0.25, -0.2) is 4.39 Å². The van der Waals surface area contributed by atoms with E-state index in [2.05, 4.69) is 0 Å². The molecule has 116 valence electrons. The Balaban J connectivity index is 1.67. The summed E-state index contributed by atoms with van der Waals surface area (Å²) in [5.41, 5.74) is 6.29. The van der Waals surface area contributed by atoms with Crippen LogP contribution >= 0.6 is 0 Å². The number of nitrogens with two attached hydrogens (primary N) is 1. The smallest absolute Gasteiger partial charge is 0.165 e. The highest BCUT2D eigenvalue weighted by Crippen LogP contribution is 2.39. The summed E-state index contributed by atoms with van der Waals surface area (Å²) >= 11 is 0. The molecule has 2 aliphatic rings. The Morgan fingerprint density at radius 3 is 2.81 bits per heavy atom. The van der Waals surface area contributed by atoms with E-state index in [1.165, 1.54) is 25.3 Å². The van der Waals surface area contributed by atoms with E-state index >= 15 is 0 Å². The second-order valence-corrected chi connectivity index (χ2v) is 6.29. The zero-order valence-electron chi connectivity index (χ0n) is 12.4. The molecule has 21 heavy (non-hydrogen) atoms. The topological polar surface area (TPSA) is 44.5 Å². The van der Waals surface area contributed by atoms with Gasteiger partial charge in [0, 0.05) is 19.4 Å². The molecule has 1 saturated heterocycles. The molecule has 1 aromatic carbocycles. The molecule has 1 atom stereocenters. The van der Waals surface area contributed by atoms with Crippen molar-refractivity contribution in [1.82, 2.24) is 0 Å². The second kappa shape index (κ2) is 6.32. The molecule has 3 rings (SSSR count). The third-order valence-corrected chi connectivity index (χ3v) is 4.74. The quantitative estimate of drug-likeness (QED) is 0.927. The molecule has 3 nitrogen and oxygen atoms in total. The van der Waals surface area contributed by atoms with Crippen LogP contribution in [0, 0.1) is 5.82 Å². The number of hydrogen-bond acceptors (Lipinski definition) is 3. The molecule has 1 aliphatic heterocycles. The summed E-state index contributed by atoms with van der Waals surface area (Å²) in [6.45, 7) is 1.06. The first kappa shape index (κ1) is 14.8. The highest BCUT2D eigenvalue weighted by atomic mass is 19.1. The van der Waals surface area contributed by atoms with Crippen LogP contribution in [0.15, 0.2) is 18.2 Å². The lowest BCUT2D eigenvalue weighted by Gasteiger charge is -2.43. The first-order chi connectivity index (χ1) is 10.2. The Morgan fingerprint density at radius 1 is 1.29 bits per heavy atom. The van der Waals surface area contributed by atoms with Crippen molar-refractivity contribution < 1.29 is 13.9 Å². The van der Waals surface area contributed by atoms with Crippen LogP contribution in [0.2, 0.25) is 0 Å². The Labute approximate surface area is 125 Å². The van der Waals surface area contributed by atoms with Gasteiger partial charge in [-0.2, -0.15) is 0 Å². The Morgan fingerprint density at radius 2 is 2.10 bits per heavy atom. The number of benzene rings is 1. The summed E-state index contributed by atoms with van der Waals surface area (Å²) in [5.74, 6) is 0.0206. The van der Waals surface area contributed by atoms with E-state index in [1.807, 2.05) is 6.07 Å². The summed E-state index contributed by atoms with van der Waals surface area (Å²) < 4.78 is 26.0. The van der Waals surface area contributed by atoms with Crippen LogP contribution in [0.25, 0.3) is 0 Å². The fourth-order valence-corrected chi connectivity index (χ4v) is 3.57. The first-order valence-electron chi connectivity index (χ1n) is 8.00. The van der Waals surface area contributed by atoms with Crippen LogP contribution in [0.1, 0.15) is 50.5 Å². The fourth-order valence-electron chi connectivity index (χ4n) is 3.57. The SMILES string of the molecule is NCc1ccc(OC2CCOC3(CCCCC3)C2)c(F)c1. The first-order valence-corrected chi connectivity index (χ1v) is 8.00. The van der Waals surface area contributed by atoms with E-state index in [9.17, 15) is 4.39 Å². The lowest BCUT2D eigenvalue weighted by Crippen LogP contribution is -2.45. The van der Waals surface area contributed by atoms with Crippen molar-refractivity contribution in [3.63, 3.8) is 0 Å². The van der Waals surface area contributed by atoms with Gasteiger partial charge in [-0.1, -0.05) is 25.3 Å². The molecule has 1 aliphatic carbocycles. The third-order valence-electron chi connectivity index (χ3n) is 4.74. The molecule has 0 aromatic heterocycles. The monoisotopic (exact) mass is 293 g/mol. The number of rotatable bonds is 3. The molecule has 2 N–H and O–H groups in total. The molecule has 0 radical (unpaired) electrons. The molecule has 1 aromatic rings. The number of halogens is 1. The van der Waals surface area contributed by atoms with Crippen molar-refractivity contribution in [1.29, 1.82) is 0 Å². The van der Waals surface area contributed by atoms with Gasteiger partial charge in [0.1, 0.15) is 6.10 Å². The molecule has 0 bridgehead atoms. The molecule has 0 amide bonds. The zero-order chi connectivity index (χ0) is 14.7. The Kier molecular flexibility index (Phi) is 4.45. The maximum atomic E-state index is 14.0. The molecule has 1 heterocycles. The van der Waals surface area contributed by atoms with Gasteiger partial charge in [-0.3, -0.25) is 0 Å². The van der Waals surface area contributed by atoms with Crippen molar-refractivity contribution in [3.8, 4) is 5.75 Å². The highest BCUT2D eigenvalue weighted by Gasteiger charge is 2.39. The summed E-state index contributed by atoms with van der Waals surface area (Å²) in [5, 5.41) is 0. The minimum Gasteiger partial charge on any atom is -0.487 e. The predicted octanol–water partition coefficient (Wildman–Crippen LogP) is 3.55. The number of ether oxygens (including phenoxy) is 2. The minimum atomic E-state index is -0.317. The molecule has 2 fully saturated rings. The standard InChI is InChI=1S/C17H24FNO2/c18-15-10-13(12-19)4-5-16(15)21-14-6-9-20-17(11-14)7-2-1-3-8-17/h4-5,10,14H,1-3,6-9,11-12,19H2. The Bertz CT molecular complexity index is 480. The Hall–Kier alpha value is -1.13. The van der Waals surface area contributed by atoms with Crippen molar-refractivity contribution >= 4 is 0 Å². The van der Waals surface area contributed by atoms with Gasteiger partial charge in [-0.15, -0.1) is 0 Å². The van der Waals surface area contributed by atoms with Gasteiger partial charge in [-0.05, 0) is 30.5 Å². The summed E-state index contributed by atoms with van der Waals surface area (Å²) in [6, 6.07) is 4.99. The van der Waals surface area contributed by atoms with E-state index in [4.69, 9.17) is 15.2 Å². The van der Waals surface area contributed by atoms with Crippen molar-refractivity contribution in [2.45, 2.75) is 63.2 Å². The summed E-state index contributed by atoms with van der Waals surface area (Å²) in [7, 11) is 0. The van der Waals surface area contributed by atoms with E-state index in [0.717, 1.165) is 31.2 Å². The van der Waals surface area contributed by atoms with E-state index in [1.54, 1.807) is 6.07 Å². The molecule has 1 saturated carbocycles. The average molecular weight is 293 g/mol. The van der Waals surface area contributed by atoms with Gasteiger partial charge in [0.25, 0.3) is 0 Å². The third kappa shape index (κ3) is 3.38. The maximum absolute atomic E-state index is 14.0. The summed E-state index contributed by atoms with van der Waals surface area (Å²) in [6.07, 6.45) is 7.74. The normalized spacial score (nSPS) is 25.0. The average Bonchev–Trinajstić information content (AvgIpc) is 2.50. The van der Waals surface area contributed by atoms with Crippen LogP contribution in [0.3, 0.4) is 0 Å². The van der Waals surface area contributed by atoms with Gasteiger partial charge in [0.05, 0.1) is 12.2 Å². The van der Waals surface area contributed by atoms with Crippen molar-refractivity contribution in [2.75, 3.05) is 6.61 Å². The van der Waals surface area contributed by atoms with E-state index in [-0.39, 0.29) is 17.5 Å². The second-order valence-electron chi connectivity index (χ2n) is 6.29. The molecular formula is C17H24FNO2. The maximum Gasteiger partial charge on any atom is 0.165 e. The number of hydrogen-bond donors (Lipinski definition) is 1. The van der Waals surface area contributed by atoms with Crippen LogP contribution in [0.5, 0.6) is 5.75 Å². The molecule has 1 spiro atoms. The van der Waals surface area contributed by atoms with Crippen molar-refractivity contribution in [3.05, 3.63) is 29.6 Å². The van der Waals surface area contributed by atoms with Crippen LogP contribution < -0.4 is 10.5 Å². The van der Waals surface area contributed by atoms with Gasteiger partial charge >= 0.3 is 0 Å². The molecule has 4 heteroatoms. The minimum absolute atomic E-state index is 0.0190. The zero-order valence-corrected chi connectivity index (χ0v) is 12.4. The molecular weight excluding hydrogens is 269 g/mol. The van der Waals surface area contributed by atoms with Crippen LogP contribution in [-0.2, 0) is 11.3 Å². The fraction of sp³-hybridized carbons (Fsp3) is 0.647. The lowest BCUT2D eigenvalue weighted by atomic mass is 9.79. The highest BCUT2D eigenvalue weighted by molar-refractivity contribution is 5.29. The summed E-state index contributed by atoms with van der Waals surface area (Å²) in [4.78, 5) is 0. The van der Waals surface area contributed by atoms with Gasteiger partial charge in [0.2, 0.25) is 0 Å². The molecule has 1 unspecified atom stereocenters. The van der Waals surface area contributed by atoms with Crippen LogP contribution in [0.4, 0.5) is 4.39 Å². The van der Waals surface area contributed by atoms with Gasteiger partial charge < -0.3 is 15.2 Å². The lowest BCUT2D eigenvalue weighted by molar-refractivity contribution is -0.130. The van der Waals surface area contributed by atoms with E-state index < -0.39 is 0 Å². The van der Waals surface area contributed by atoms with E-state index in [0.29, 0.717) is 18.9 Å². The largest absolute Gasteiger partial charge is 0.487 e. The predicted molar refractivity (Wildman–Crippen MR) is 79.7 cm³/mol.